The Labute approximate surface area is 199 Å². The van der Waals surface area contributed by atoms with Crippen LogP contribution in [0.4, 0.5) is 5.00 Å². The molecule has 0 bridgehead atoms. The molecule has 3 heterocycles. The average Bonchev–Trinajstić information content (AvgIpc) is 3.51. The maximum Gasteiger partial charge on any atom is 0.291 e. The second-order valence-electron chi connectivity index (χ2n) is 8.52. The number of piperidine rings is 1. The summed E-state index contributed by atoms with van der Waals surface area (Å²) < 4.78 is 16.4. The molecule has 1 aliphatic rings. The van der Waals surface area contributed by atoms with E-state index in [4.69, 9.17) is 13.9 Å². The highest BCUT2D eigenvalue weighted by Gasteiger charge is 2.30. The molecule has 1 N–H and O–H groups in total. The van der Waals surface area contributed by atoms with Crippen LogP contribution in [-0.2, 0) is 6.42 Å². The summed E-state index contributed by atoms with van der Waals surface area (Å²) in [6.07, 6.45) is 4.73. The first-order chi connectivity index (χ1) is 16.0. The van der Waals surface area contributed by atoms with E-state index in [9.17, 15) is 4.79 Å². The van der Waals surface area contributed by atoms with Crippen LogP contribution in [0.5, 0.6) is 11.5 Å². The van der Waals surface area contributed by atoms with E-state index in [2.05, 4.69) is 42.3 Å². The highest BCUT2D eigenvalue weighted by molar-refractivity contribution is 7.16. The van der Waals surface area contributed by atoms with E-state index in [0.717, 1.165) is 54.4 Å². The van der Waals surface area contributed by atoms with Crippen molar-refractivity contribution in [2.45, 2.75) is 39.2 Å². The van der Waals surface area contributed by atoms with Gasteiger partial charge < -0.3 is 19.2 Å². The van der Waals surface area contributed by atoms with Gasteiger partial charge in [-0.25, -0.2) is 0 Å². The van der Waals surface area contributed by atoms with Crippen molar-refractivity contribution in [2.24, 2.45) is 5.92 Å². The van der Waals surface area contributed by atoms with Gasteiger partial charge in [-0.2, -0.15) is 0 Å². The number of carbonyl (C=O) groups is 1. The third kappa shape index (κ3) is 5.09. The summed E-state index contributed by atoms with van der Waals surface area (Å²) in [6.45, 7) is 6.46. The molecule has 2 aromatic heterocycles. The van der Waals surface area contributed by atoms with Gasteiger partial charge in [-0.05, 0) is 74.2 Å². The molecule has 176 valence electrons. The molecular formula is C26H32N2O4S. The van der Waals surface area contributed by atoms with Gasteiger partial charge in [-0.3, -0.25) is 9.69 Å². The zero-order chi connectivity index (χ0) is 23.4. The quantitative estimate of drug-likeness (QED) is 0.440. The van der Waals surface area contributed by atoms with Gasteiger partial charge in [0.15, 0.2) is 17.3 Å². The third-order valence-electron chi connectivity index (χ3n) is 6.33. The number of nitrogens with zero attached hydrogens (tertiary/aromatic N) is 1. The van der Waals surface area contributed by atoms with Crippen LogP contribution in [0.25, 0.3) is 0 Å². The lowest BCUT2D eigenvalue weighted by atomic mass is 9.92. The van der Waals surface area contributed by atoms with Crippen LogP contribution in [0.15, 0.2) is 47.1 Å². The van der Waals surface area contributed by atoms with Gasteiger partial charge in [0.05, 0.1) is 26.5 Å². The molecule has 33 heavy (non-hydrogen) atoms. The molecule has 0 aliphatic carbocycles. The van der Waals surface area contributed by atoms with Crippen LogP contribution in [0, 0.1) is 5.92 Å². The fourth-order valence-corrected chi connectivity index (χ4v) is 5.43. The predicted octanol–water partition coefficient (Wildman–Crippen LogP) is 5.99. The summed E-state index contributed by atoms with van der Waals surface area (Å²) in [5.74, 6) is 2.21. The Kier molecular flexibility index (Phi) is 7.40. The van der Waals surface area contributed by atoms with Crippen LogP contribution in [0.2, 0.25) is 0 Å². The molecule has 1 aliphatic heterocycles. The Morgan fingerprint density at radius 2 is 1.94 bits per heavy atom. The largest absolute Gasteiger partial charge is 0.493 e. The molecule has 0 spiro atoms. The minimum atomic E-state index is -0.232. The molecule has 7 heteroatoms. The molecule has 1 aromatic carbocycles. The minimum Gasteiger partial charge on any atom is -0.493 e. The van der Waals surface area contributed by atoms with Crippen molar-refractivity contribution in [3.63, 3.8) is 0 Å². The fraction of sp³-hybridized carbons (Fsp3) is 0.423. The number of aryl methyl sites for hydroxylation is 1. The third-order valence-corrected chi connectivity index (χ3v) is 7.54. The number of likely N-dealkylation sites (tertiary alicyclic amines) is 1. The Bertz CT molecular complexity index is 1070. The standard InChI is InChI=1S/C26H32N2O4S/c1-5-19-16-20(26(33-19)27-25(29)22-7-6-14-32-22)24(28-12-10-17(2)11-13-28)18-8-9-21(30-3)23(15-18)31-4/h6-9,14-17,24H,5,10-13H2,1-4H3,(H,27,29)/t24-/m0/s1. The number of carbonyl (C=O) groups excluding carboxylic acids is 1. The summed E-state index contributed by atoms with van der Waals surface area (Å²) in [6, 6.07) is 11.8. The predicted molar refractivity (Wildman–Crippen MR) is 132 cm³/mol. The van der Waals surface area contributed by atoms with E-state index in [1.165, 1.54) is 11.1 Å². The molecule has 0 unspecified atom stereocenters. The first kappa shape index (κ1) is 23.4. The fourth-order valence-electron chi connectivity index (χ4n) is 4.40. The van der Waals surface area contributed by atoms with Crippen LogP contribution in [-0.4, -0.2) is 38.1 Å². The zero-order valence-electron chi connectivity index (χ0n) is 19.7. The summed E-state index contributed by atoms with van der Waals surface area (Å²) in [4.78, 5) is 16.6. The molecule has 6 nitrogen and oxygen atoms in total. The maximum atomic E-state index is 12.8. The van der Waals surface area contributed by atoms with Crippen molar-refractivity contribution in [2.75, 3.05) is 32.6 Å². The van der Waals surface area contributed by atoms with Crippen LogP contribution in [0.3, 0.4) is 0 Å². The molecule has 0 radical (unpaired) electrons. The van der Waals surface area contributed by atoms with Gasteiger partial charge in [0.25, 0.3) is 5.91 Å². The van der Waals surface area contributed by atoms with Crippen LogP contribution < -0.4 is 14.8 Å². The second kappa shape index (κ2) is 10.4. The highest BCUT2D eigenvalue weighted by Crippen LogP contribution is 2.43. The number of amides is 1. The van der Waals surface area contributed by atoms with Crippen molar-refractivity contribution in [3.05, 3.63) is 64.4 Å². The smallest absolute Gasteiger partial charge is 0.291 e. The van der Waals surface area contributed by atoms with E-state index < -0.39 is 0 Å². The van der Waals surface area contributed by atoms with Crippen molar-refractivity contribution >= 4 is 22.2 Å². The molecule has 1 saturated heterocycles. The SMILES string of the molecule is CCc1cc([C@H](c2ccc(OC)c(OC)c2)N2CCC(C)CC2)c(NC(=O)c2ccco2)s1. The van der Waals surface area contributed by atoms with Crippen LogP contribution in [0.1, 0.15) is 59.3 Å². The van der Waals surface area contributed by atoms with Crippen LogP contribution >= 0.6 is 11.3 Å². The van der Waals surface area contributed by atoms with E-state index in [0.29, 0.717) is 17.3 Å². The Morgan fingerprint density at radius 1 is 1.18 bits per heavy atom. The lowest BCUT2D eigenvalue weighted by molar-refractivity contribution is 0.0996. The number of hydrogen-bond acceptors (Lipinski definition) is 6. The topological polar surface area (TPSA) is 63.9 Å². The number of nitrogens with one attached hydrogen (secondary N) is 1. The Balaban J connectivity index is 1.77. The first-order valence-electron chi connectivity index (χ1n) is 11.5. The first-order valence-corrected chi connectivity index (χ1v) is 12.3. The van der Waals surface area contributed by atoms with Gasteiger partial charge >= 0.3 is 0 Å². The number of methoxy groups -OCH3 is 2. The van der Waals surface area contributed by atoms with Gasteiger partial charge in [0.2, 0.25) is 0 Å². The normalized spacial score (nSPS) is 15.9. The molecule has 1 atom stereocenters. The molecule has 0 saturated carbocycles. The number of rotatable bonds is 8. The monoisotopic (exact) mass is 468 g/mol. The molecule has 1 fully saturated rings. The zero-order valence-corrected chi connectivity index (χ0v) is 20.5. The number of thiophene rings is 1. The van der Waals surface area contributed by atoms with Gasteiger partial charge in [0.1, 0.15) is 5.00 Å². The van der Waals surface area contributed by atoms with E-state index >= 15 is 0 Å². The second-order valence-corrected chi connectivity index (χ2v) is 9.65. The minimum absolute atomic E-state index is 0.000701. The van der Waals surface area contributed by atoms with Gasteiger partial charge in [-0.1, -0.05) is 19.9 Å². The maximum absolute atomic E-state index is 12.8. The number of anilines is 1. The molecule has 4 rings (SSSR count). The average molecular weight is 469 g/mol. The Morgan fingerprint density at radius 3 is 2.58 bits per heavy atom. The van der Waals surface area contributed by atoms with E-state index in [1.807, 2.05) is 6.07 Å². The van der Waals surface area contributed by atoms with Gasteiger partial charge in [-0.15, -0.1) is 11.3 Å². The van der Waals surface area contributed by atoms with Crippen molar-refractivity contribution < 1.29 is 18.7 Å². The number of hydrogen-bond donors (Lipinski definition) is 1. The van der Waals surface area contributed by atoms with Crippen molar-refractivity contribution in [3.8, 4) is 11.5 Å². The number of benzene rings is 1. The summed E-state index contributed by atoms with van der Waals surface area (Å²) in [7, 11) is 3.31. The lowest BCUT2D eigenvalue weighted by Gasteiger charge is -2.37. The molecular weight excluding hydrogens is 436 g/mol. The molecule has 3 aromatic rings. The van der Waals surface area contributed by atoms with Crippen molar-refractivity contribution in [1.29, 1.82) is 0 Å². The number of furan rings is 1. The van der Waals surface area contributed by atoms with E-state index in [-0.39, 0.29) is 11.9 Å². The number of ether oxygens (including phenoxy) is 2. The summed E-state index contributed by atoms with van der Waals surface area (Å²) in [5, 5.41) is 3.99. The van der Waals surface area contributed by atoms with Crippen molar-refractivity contribution in [1.82, 2.24) is 4.90 Å². The van der Waals surface area contributed by atoms with Gasteiger partial charge in [0, 0.05) is 10.4 Å². The Hall–Kier alpha value is -2.77. The van der Waals surface area contributed by atoms with E-state index in [1.54, 1.807) is 37.7 Å². The highest BCUT2D eigenvalue weighted by atomic mass is 32.1. The molecule has 1 amide bonds. The summed E-state index contributed by atoms with van der Waals surface area (Å²) >= 11 is 1.63. The summed E-state index contributed by atoms with van der Waals surface area (Å²) in [5.41, 5.74) is 2.23. The lowest BCUT2D eigenvalue weighted by Crippen LogP contribution is -2.37.